The third kappa shape index (κ3) is 4.91. The first-order valence-corrected chi connectivity index (χ1v) is 11.1. The third-order valence-electron chi connectivity index (χ3n) is 4.87. The van der Waals surface area contributed by atoms with E-state index in [1.807, 2.05) is 0 Å². The van der Waals surface area contributed by atoms with Crippen molar-refractivity contribution in [1.29, 1.82) is 0 Å². The molecule has 3 aromatic rings. The van der Waals surface area contributed by atoms with Gasteiger partial charge in [0.05, 0.1) is 27.7 Å². The molecule has 10 heteroatoms. The fourth-order valence-corrected chi connectivity index (χ4v) is 4.08. The van der Waals surface area contributed by atoms with Gasteiger partial charge < -0.3 is 9.15 Å². The van der Waals surface area contributed by atoms with Gasteiger partial charge in [-0.3, -0.25) is 19.8 Å². The molecule has 2 heterocycles. The Labute approximate surface area is 198 Å². The van der Waals surface area contributed by atoms with Crippen molar-refractivity contribution in [3.8, 4) is 11.3 Å². The van der Waals surface area contributed by atoms with Gasteiger partial charge in [-0.1, -0.05) is 0 Å². The smallest absolute Gasteiger partial charge is 0.338 e. The first kappa shape index (κ1) is 23.0. The molecular weight excluding hydrogens is 458 g/mol. The van der Waals surface area contributed by atoms with Crippen LogP contribution >= 0.6 is 11.8 Å². The number of benzene rings is 2. The van der Waals surface area contributed by atoms with Crippen LogP contribution in [0.3, 0.4) is 0 Å². The van der Waals surface area contributed by atoms with Gasteiger partial charge in [0.15, 0.2) is 5.17 Å². The van der Waals surface area contributed by atoms with Crippen molar-refractivity contribution >= 4 is 46.3 Å². The summed E-state index contributed by atoms with van der Waals surface area (Å²) < 4.78 is 10.8. The molecule has 0 radical (unpaired) electrons. The average Bonchev–Trinajstić information content (AvgIpc) is 3.40. The van der Waals surface area contributed by atoms with Crippen molar-refractivity contribution in [2.75, 3.05) is 13.7 Å². The molecule has 1 aliphatic heterocycles. The minimum absolute atomic E-state index is 0.00372. The van der Waals surface area contributed by atoms with E-state index in [0.717, 1.165) is 0 Å². The molecule has 0 atom stereocenters. The standard InChI is InChI=1S/C24H19N3O6S/c1-3-32-23(29)16-4-8-17(9-5-16)25-24-26(2)22(28)21(34-24)14-19-12-13-20(33-19)15-6-10-18(11-7-15)27(30)31/h4-14H,3H2,1-2H3/b21-14-,25-24?. The molecule has 0 saturated carbocycles. The number of aliphatic imine (C=N–C) groups is 1. The lowest BCUT2D eigenvalue weighted by Gasteiger charge is -2.07. The zero-order valence-corrected chi connectivity index (χ0v) is 19.1. The van der Waals surface area contributed by atoms with Gasteiger partial charge in [0.2, 0.25) is 0 Å². The SMILES string of the molecule is CCOC(=O)c1ccc(N=C2S/C(=C\c3ccc(-c4ccc([N+](=O)[O-])cc4)o3)C(=O)N2C)cc1. The Morgan fingerprint density at radius 2 is 1.85 bits per heavy atom. The Hall–Kier alpha value is -4.18. The number of furan rings is 1. The number of likely N-dealkylation sites (N-methyl/N-ethyl adjacent to an activating group) is 1. The highest BCUT2D eigenvalue weighted by Gasteiger charge is 2.30. The highest BCUT2D eigenvalue weighted by Crippen LogP contribution is 2.34. The largest absolute Gasteiger partial charge is 0.462 e. The summed E-state index contributed by atoms with van der Waals surface area (Å²) in [5.74, 6) is 0.375. The molecule has 0 N–H and O–H groups in total. The first-order valence-electron chi connectivity index (χ1n) is 10.2. The summed E-state index contributed by atoms with van der Waals surface area (Å²) in [6.45, 7) is 2.04. The van der Waals surface area contributed by atoms with Crippen LogP contribution in [0.25, 0.3) is 17.4 Å². The Morgan fingerprint density at radius 3 is 2.50 bits per heavy atom. The van der Waals surface area contributed by atoms with E-state index in [1.54, 1.807) is 68.6 Å². The van der Waals surface area contributed by atoms with E-state index < -0.39 is 10.9 Å². The summed E-state index contributed by atoms with van der Waals surface area (Å²) >= 11 is 1.21. The van der Waals surface area contributed by atoms with Crippen LogP contribution < -0.4 is 0 Å². The zero-order chi connectivity index (χ0) is 24.2. The van der Waals surface area contributed by atoms with Crippen LogP contribution in [0.4, 0.5) is 11.4 Å². The van der Waals surface area contributed by atoms with E-state index in [2.05, 4.69) is 4.99 Å². The lowest BCUT2D eigenvalue weighted by Crippen LogP contribution is -2.23. The number of hydrogen-bond acceptors (Lipinski definition) is 8. The highest BCUT2D eigenvalue weighted by atomic mass is 32.2. The predicted molar refractivity (Wildman–Crippen MR) is 129 cm³/mol. The number of ether oxygens (including phenoxy) is 1. The van der Waals surface area contributed by atoms with E-state index in [-0.39, 0.29) is 11.6 Å². The second-order valence-corrected chi connectivity index (χ2v) is 8.15. The van der Waals surface area contributed by atoms with Gasteiger partial charge >= 0.3 is 5.97 Å². The molecular formula is C24H19N3O6S. The quantitative estimate of drug-likeness (QED) is 0.206. The predicted octanol–water partition coefficient (Wildman–Crippen LogP) is 5.27. The summed E-state index contributed by atoms with van der Waals surface area (Å²) in [7, 11) is 1.63. The topological polar surface area (TPSA) is 115 Å². The van der Waals surface area contributed by atoms with Crippen molar-refractivity contribution in [2.45, 2.75) is 6.92 Å². The molecule has 1 fully saturated rings. The molecule has 1 amide bonds. The van der Waals surface area contributed by atoms with Crippen molar-refractivity contribution in [3.05, 3.63) is 87.0 Å². The summed E-state index contributed by atoms with van der Waals surface area (Å²) in [5.41, 5.74) is 1.70. The summed E-state index contributed by atoms with van der Waals surface area (Å²) in [5, 5.41) is 11.3. The Bertz CT molecular complexity index is 1310. The number of nitrogens with zero attached hydrogens (tertiary/aromatic N) is 3. The number of amides is 1. The van der Waals surface area contributed by atoms with Crippen LogP contribution in [0.15, 0.2) is 75.0 Å². The highest BCUT2D eigenvalue weighted by molar-refractivity contribution is 8.18. The number of esters is 1. The molecule has 34 heavy (non-hydrogen) atoms. The van der Waals surface area contributed by atoms with Crippen LogP contribution in [0.5, 0.6) is 0 Å². The van der Waals surface area contributed by atoms with Gasteiger partial charge in [-0.05, 0) is 67.2 Å². The molecule has 4 rings (SSSR count). The van der Waals surface area contributed by atoms with Gasteiger partial charge in [-0.15, -0.1) is 0 Å². The number of amidine groups is 1. The molecule has 1 aromatic heterocycles. The maximum atomic E-state index is 12.7. The Kier molecular flexibility index (Phi) is 6.60. The number of carbonyl (C=O) groups excluding carboxylic acids is 2. The van der Waals surface area contributed by atoms with Crippen molar-refractivity contribution < 1.29 is 23.7 Å². The van der Waals surface area contributed by atoms with Crippen molar-refractivity contribution in [3.63, 3.8) is 0 Å². The first-order chi connectivity index (χ1) is 16.4. The summed E-state index contributed by atoms with van der Waals surface area (Å²) in [4.78, 5) is 41.2. The van der Waals surface area contributed by atoms with Gasteiger partial charge in [-0.25, -0.2) is 9.79 Å². The Morgan fingerprint density at radius 1 is 1.15 bits per heavy atom. The summed E-state index contributed by atoms with van der Waals surface area (Å²) in [6, 6.07) is 16.1. The number of nitro benzene ring substituents is 1. The van der Waals surface area contributed by atoms with Crippen LogP contribution in [0.2, 0.25) is 0 Å². The van der Waals surface area contributed by atoms with Crippen LogP contribution in [-0.4, -0.2) is 40.5 Å². The third-order valence-corrected chi connectivity index (χ3v) is 5.93. The molecule has 0 bridgehead atoms. The molecule has 0 aliphatic carbocycles. The number of hydrogen-bond donors (Lipinski definition) is 0. The molecule has 2 aromatic carbocycles. The van der Waals surface area contributed by atoms with Crippen molar-refractivity contribution in [1.82, 2.24) is 4.90 Å². The van der Waals surface area contributed by atoms with E-state index in [9.17, 15) is 19.7 Å². The fraction of sp³-hybridized carbons (Fsp3) is 0.125. The maximum Gasteiger partial charge on any atom is 0.338 e. The number of rotatable bonds is 6. The Balaban J connectivity index is 1.51. The second kappa shape index (κ2) is 9.75. The van der Waals surface area contributed by atoms with Crippen molar-refractivity contribution in [2.24, 2.45) is 4.99 Å². The van der Waals surface area contributed by atoms with Gasteiger partial charge in [0.25, 0.3) is 11.6 Å². The normalized spacial score (nSPS) is 15.8. The minimum Gasteiger partial charge on any atom is -0.462 e. The van der Waals surface area contributed by atoms with Crippen LogP contribution in [-0.2, 0) is 9.53 Å². The zero-order valence-electron chi connectivity index (χ0n) is 18.3. The molecule has 1 aliphatic rings. The monoisotopic (exact) mass is 477 g/mol. The summed E-state index contributed by atoms with van der Waals surface area (Å²) in [6.07, 6.45) is 1.63. The van der Waals surface area contributed by atoms with Gasteiger partial charge in [0, 0.05) is 30.8 Å². The number of nitro groups is 1. The second-order valence-electron chi connectivity index (χ2n) is 7.14. The molecule has 172 valence electrons. The van der Waals surface area contributed by atoms with Gasteiger partial charge in [0.1, 0.15) is 11.5 Å². The van der Waals surface area contributed by atoms with E-state index in [0.29, 0.717) is 45.0 Å². The number of non-ortho nitro benzene ring substituents is 1. The average molecular weight is 477 g/mol. The van der Waals surface area contributed by atoms with E-state index in [4.69, 9.17) is 9.15 Å². The molecule has 0 spiro atoms. The van der Waals surface area contributed by atoms with E-state index >= 15 is 0 Å². The fourth-order valence-electron chi connectivity index (χ4n) is 3.11. The lowest BCUT2D eigenvalue weighted by atomic mass is 10.1. The van der Waals surface area contributed by atoms with Gasteiger partial charge in [-0.2, -0.15) is 0 Å². The lowest BCUT2D eigenvalue weighted by molar-refractivity contribution is -0.384. The van der Waals surface area contributed by atoms with Crippen LogP contribution in [0.1, 0.15) is 23.0 Å². The minimum atomic E-state index is -0.463. The molecule has 9 nitrogen and oxygen atoms in total. The van der Waals surface area contributed by atoms with Crippen LogP contribution in [0, 0.1) is 10.1 Å². The molecule has 1 saturated heterocycles. The molecule has 0 unspecified atom stereocenters. The number of thioether (sulfide) groups is 1. The maximum absolute atomic E-state index is 12.7. The number of carbonyl (C=O) groups is 2. The van der Waals surface area contributed by atoms with E-state index in [1.165, 1.54) is 28.8 Å².